The third kappa shape index (κ3) is 4.03. The third-order valence-corrected chi connectivity index (χ3v) is 4.04. The maximum Gasteiger partial charge on any atom is 0.120 e. The molecule has 0 saturated heterocycles. The molecule has 0 bridgehead atoms. The van der Waals surface area contributed by atoms with E-state index in [0.29, 0.717) is 5.75 Å². The average molecular weight is 321 g/mol. The second-order valence-corrected chi connectivity index (χ2v) is 5.96. The van der Waals surface area contributed by atoms with E-state index >= 15 is 0 Å². The lowest BCUT2D eigenvalue weighted by Crippen LogP contribution is -2.23. The van der Waals surface area contributed by atoms with Crippen LogP contribution in [0.5, 0.6) is 5.75 Å². The standard InChI is InChI=1S/C20H23N3O/c1-2-13-22(16-18-6-3-4-7-20(18)24)15-17-8-10-19(11-9-17)23-14-5-12-21-23/h3-12,14,24H,2,13,15-16H2,1H3. The predicted molar refractivity (Wildman–Crippen MR) is 96.1 cm³/mol. The summed E-state index contributed by atoms with van der Waals surface area (Å²) in [4.78, 5) is 2.36. The summed E-state index contributed by atoms with van der Waals surface area (Å²) in [5, 5.41) is 14.2. The Morgan fingerprint density at radius 2 is 1.79 bits per heavy atom. The molecule has 1 N–H and O–H groups in total. The number of phenols is 1. The number of hydrogen-bond acceptors (Lipinski definition) is 3. The molecule has 0 aliphatic carbocycles. The van der Waals surface area contributed by atoms with Crippen LogP contribution in [0, 0.1) is 0 Å². The molecule has 0 saturated carbocycles. The van der Waals surface area contributed by atoms with Gasteiger partial charge in [-0.05, 0) is 42.8 Å². The van der Waals surface area contributed by atoms with Gasteiger partial charge in [-0.3, -0.25) is 4.90 Å². The van der Waals surface area contributed by atoms with Crippen LogP contribution in [-0.2, 0) is 13.1 Å². The second kappa shape index (κ2) is 7.79. The van der Waals surface area contributed by atoms with Gasteiger partial charge in [0.15, 0.2) is 0 Å². The Hall–Kier alpha value is -2.59. The number of hydrogen-bond donors (Lipinski definition) is 1. The van der Waals surface area contributed by atoms with Crippen LogP contribution in [0.15, 0.2) is 67.0 Å². The van der Waals surface area contributed by atoms with Crippen LogP contribution >= 0.6 is 0 Å². The van der Waals surface area contributed by atoms with Crippen molar-refractivity contribution in [3.8, 4) is 11.4 Å². The van der Waals surface area contributed by atoms with Crippen LogP contribution in [-0.4, -0.2) is 26.3 Å². The van der Waals surface area contributed by atoms with Gasteiger partial charge < -0.3 is 5.11 Å². The molecule has 0 radical (unpaired) electrons. The van der Waals surface area contributed by atoms with Crippen LogP contribution in [0.4, 0.5) is 0 Å². The zero-order valence-corrected chi connectivity index (χ0v) is 14.0. The van der Waals surface area contributed by atoms with Crippen LogP contribution in [0.2, 0.25) is 0 Å². The van der Waals surface area contributed by atoms with Gasteiger partial charge in [0.05, 0.1) is 5.69 Å². The summed E-state index contributed by atoms with van der Waals surface area (Å²) >= 11 is 0. The van der Waals surface area contributed by atoms with E-state index in [0.717, 1.165) is 37.3 Å². The van der Waals surface area contributed by atoms with Crippen LogP contribution < -0.4 is 0 Å². The van der Waals surface area contributed by atoms with E-state index in [1.54, 1.807) is 12.3 Å². The minimum absolute atomic E-state index is 0.368. The molecule has 2 aromatic carbocycles. The minimum atomic E-state index is 0.368. The lowest BCUT2D eigenvalue weighted by atomic mass is 10.1. The third-order valence-electron chi connectivity index (χ3n) is 4.04. The fourth-order valence-corrected chi connectivity index (χ4v) is 2.85. The van der Waals surface area contributed by atoms with Gasteiger partial charge >= 0.3 is 0 Å². The zero-order chi connectivity index (χ0) is 16.8. The Balaban J connectivity index is 1.70. The molecule has 3 rings (SSSR count). The lowest BCUT2D eigenvalue weighted by Gasteiger charge is -2.22. The highest BCUT2D eigenvalue weighted by molar-refractivity contribution is 5.34. The van der Waals surface area contributed by atoms with E-state index < -0.39 is 0 Å². The quantitative estimate of drug-likeness (QED) is 0.715. The molecule has 1 aromatic heterocycles. The first-order chi connectivity index (χ1) is 11.8. The summed E-state index contributed by atoms with van der Waals surface area (Å²) in [6.45, 7) is 4.79. The maximum atomic E-state index is 10.00. The molecule has 0 fully saturated rings. The minimum Gasteiger partial charge on any atom is -0.508 e. The molecule has 0 aliphatic rings. The van der Waals surface area contributed by atoms with Gasteiger partial charge in [0.1, 0.15) is 5.75 Å². The van der Waals surface area contributed by atoms with E-state index in [1.165, 1.54) is 5.56 Å². The number of benzene rings is 2. The zero-order valence-electron chi connectivity index (χ0n) is 14.0. The van der Waals surface area contributed by atoms with Gasteiger partial charge in [0.25, 0.3) is 0 Å². The lowest BCUT2D eigenvalue weighted by molar-refractivity contribution is 0.254. The number of para-hydroxylation sites is 1. The molecular formula is C20H23N3O. The first-order valence-electron chi connectivity index (χ1n) is 8.34. The summed E-state index contributed by atoms with van der Waals surface area (Å²) < 4.78 is 1.86. The SMILES string of the molecule is CCCN(Cc1ccc(-n2cccn2)cc1)Cc1ccccc1O. The maximum absolute atomic E-state index is 10.00. The first-order valence-corrected chi connectivity index (χ1v) is 8.34. The van der Waals surface area contributed by atoms with Crippen LogP contribution in [0.1, 0.15) is 24.5 Å². The van der Waals surface area contributed by atoms with E-state index in [-0.39, 0.29) is 0 Å². The highest BCUT2D eigenvalue weighted by Gasteiger charge is 2.09. The Bertz CT molecular complexity index is 751. The molecule has 0 unspecified atom stereocenters. The van der Waals surface area contributed by atoms with Crippen molar-refractivity contribution in [2.24, 2.45) is 0 Å². The molecule has 0 spiro atoms. The molecule has 0 atom stereocenters. The molecule has 3 aromatic rings. The highest BCUT2D eigenvalue weighted by atomic mass is 16.3. The summed E-state index contributed by atoms with van der Waals surface area (Å²) in [6, 6.07) is 17.9. The average Bonchev–Trinajstić information content (AvgIpc) is 3.12. The van der Waals surface area contributed by atoms with E-state index in [9.17, 15) is 5.11 Å². The summed E-state index contributed by atoms with van der Waals surface area (Å²) in [6.07, 6.45) is 4.80. The molecule has 4 heteroatoms. The van der Waals surface area contributed by atoms with Crippen molar-refractivity contribution in [1.82, 2.24) is 14.7 Å². The van der Waals surface area contributed by atoms with Gasteiger partial charge in [0, 0.05) is 31.0 Å². The van der Waals surface area contributed by atoms with Gasteiger partial charge in [-0.15, -0.1) is 0 Å². The van der Waals surface area contributed by atoms with Crippen LogP contribution in [0.3, 0.4) is 0 Å². The molecule has 1 heterocycles. The first kappa shape index (κ1) is 16.3. The van der Waals surface area contributed by atoms with Crippen molar-refractivity contribution in [3.05, 3.63) is 78.1 Å². The van der Waals surface area contributed by atoms with E-state index in [1.807, 2.05) is 35.1 Å². The smallest absolute Gasteiger partial charge is 0.120 e. The van der Waals surface area contributed by atoms with Gasteiger partial charge in [-0.1, -0.05) is 37.3 Å². The van der Waals surface area contributed by atoms with Crippen molar-refractivity contribution < 1.29 is 5.11 Å². The fourth-order valence-electron chi connectivity index (χ4n) is 2.85. The summed E-state index contributed by atoms with van der Waals surface area (Å²) in [7, 11) is 0. The summed E-state index contributed by atoms with van der Waals surface area (Å²) in [5.74, 6) is 0.368. The number of phenolic OH excluding ortho intramolecular Hbond substituents is 1. The van der Waals surface area contributed by atoms with E-state index in [2.05, 4.69) is 41.2 Å². The number of aromatic hydroxyl groups is 1. The van der Waals surface area contributed by atoms with Crippen molar-refractivity contribution in [3.63, 3.8) is 0 Å². The van der Waals surface area contributed by atoms with Crippen LogP contribution in [0.25, 0.3) is 5.69 Å². The Kier molecular flexibility index (Phi) is 5.29. The largest absolute Gasteiger partial charge is 0.508 e. The molecular weight excluding hydrogens is 298 g/mol. The molecule has 0 aliphatic heterocycles. The van der Waals surface area contributed by atoms with Gasteiger partial charge in [-0.25, -0.2) is 4.68 Å². The number of nitrogens with zero attached hydrogens (tertiary/aromatic N) is 3. The fraction of sp³-hybridized carbons (Fsp3) is 0.250. The topological polar surface area (TPSA) is 41.3 Å². The van der Waals surface area contributed by atoms with Crippen molar-refractivity contribution in [1.29, 1.82) is 0 Å². The number of aromatic nitrogens is 2. The Morgan fingerprint density at radius 3 is 2.46 bits per heavy atom. The molecule has 4 nitrogen and oxygen atoms in total. The Labute approximate surface area is 143 Å². The van der Waals surface area contributed by atoms with Crippen molar-refractivity contribution in [2.75, 3.05) is 6.54 Å². The van der Waals surface area contributed by atoms with Gasteiger partial charge in [0.2, 0.25) is 0 Å². The molecule has 24 heavy (non-hydrogen) atoms. The van der Waals surface area contributed by atoms with E-state index in [4.69, 9.17) is 0 Å². The molecule has 124 valence electrons. The van der Waals surface area contributed by atoms with Crippen molar-refractivity contribution >= 4 is 0 Å². The predicted octanol–water partition coefficient (Wildman–Crippen LogP) is 3.99. The van der Waals surface area contributed by atoms with Crippen molar-refractivity contribution in [2.45, 2.75) is 26.4 Å². The highest BCUT2D eigenvalue weighted by Crippen LogP contribution is 2.19. The van der Waals surface area contributed by atoms with Gasteiger partial charge in [-0.2, -0.15) is 5.10 Å². The second-order valence-electron chi connectivity index (χ2n) is 5.96. The monoisotopic (exact) mass is 321 g/mol. The summed E-state index contributed by atoms with van der Waals surface area (Å²) in [5.41, 5.74) is 3.29. The normalized spacial score (nSPS) is 11.1. The number of rotatable bonds is 7. The molecule has 0 amide bonds. The Morgan fingerprint density at radius 1 is 1.00 bits per heavy atom.